The average Bonchev–Trinajstić information content (AvgIpc) is 2.16. The maximum absolute atomic E-state index is 13.4. The molecule has 1 rings (SSSR count). The summed E-state index contributed by atoms with van der Waals surface area (Å²) in [6, 6.07) is 4.36. The monoisotopic (exact) mass is 242 g/mol. The van der Waals surface area contributed by atoms with Gasteiger partial charge in [0.2, 0.25) is 0 Å². The molecule has 1 atom stereocenters. The zero-order valence-corrected chi connectivity index (χ0v) is 10.3. The van der Waals surface area contributed by atoms with Gasteiger partial charge in [0.25, 0.3) is 0 Å². The molecule has 0 aromatic heterocycles. The summed E-state index contributed by atoms with van der Waals surface area (Å²) in [6.45, 7) is 6.11. The van der Waals surface area contributed by atoms with Crippen LogP contribution in [0.4, 0.5) is 4.39 Å². The second-order valence-electron chi connectivity index (χ2n) is 3.99. The first-order chi connectivity index (χ1) is 7.43. The number of thioether (sulfide) groups is 1. The molecule has 0 spiro atoms. The molecule has 0 heterocycles. The van der Waals surface area contributed by atoms with Gasteiger partial charge in [-0.2, -0.15) is 0 Å². The van der Waals surface area contributed by atoms with Crippen molar-refractivity contribution in [2.45, 2.75) is 30.9 Å². The number of carbonyl (C=O) groups is 1. The van der Waals surface area contributed by atoms with Crippen LogP contribution in [-0.4, -0.2) is 16.3 Å². The molecular weight excluding hydrogens is 227 g/mol. The molecule has 0 bridgehead atoms. The minimum Gasteiger partial charge on any atom is -0.478 e. The summed E-state index contributed by atoms with van der Waals surface area (Å²) in [6.07, 6.45) is 0. The third-order valence-corrected chi connectivity index (χ3v) is 3.95. The predicted octanol–water partition coefficient (Wildman–Crippen LogP) is 3.66. The van der Waals surface area contributed by atoms with Crippen LogP contribution in [0.2, 0.25) is 0 Å². The highest BCUT2D eigenvalue weighted by atomic mass is 32.2. The van der Waals surface area contributed by atoms with Crippen LogP contribution < -0.4 is 0 Å². The first-order valence-corrected chi connectivity index (χ1v) is 6.00. The van der Waals surface area contributed by atoms with E-state index in [1.54, 1.807) is 6.07 Å². The maximum atomic E-state index is 13.4. The third-order valence-electron chi connectivity index (χ3n) is 2.44. The van der Waals surface area contributed by atoms with Crippen LogP contribution in [0.1, 0.15) is 31.1 Å². The van der Waals surface area contributed by atoms with Gasteiger partial charge in [0, 0.05) is 10.1 Å². The molecule has 1 aromatic carbocycles. The van der Waals surface area contributed by atoms with Crippen LogP contribution in [-0.2, 0) is 0 Å². The van der Waals surface area contributed by atoms with E-state index >= 15 is 0 Å². The van der Waals surface area contributed by atoms with E-state index < -0.39 is 11.8 Å². The molecule has 0 aliphatic carbocycles. The Balaban J connectivity index is 3.04. The molecule has 0 radical (unpaired) electrons. The molecule has 1 unspecified atom stereocenters. The number of aromatic carboxylic acids is 1. The SMILES string of the molecule is CC(C)C(C)Sc1cccc(F)c1C(=O)O. The van der Waals surface area contributed by atoms with E-state index in [1.807, 2.05) is 6.92 Å². The Morgan fingerprint density at radius 2 is 2.00 bits per heavy atom. The fraction of sp³-hybridized carbons (Fsp3) is 0.417. The Kier molecular flexibility index (Phi) is 4.35. The lowest BCUT2D eigenvalue weighted by Crippen LogP contribution is -2.08. The van der Waals surface area contributed by atoms with E-state index in [-0.39, 0.29) is 10.8 Å². The normalized spacial score (nSPS) is 12.8. The lowest BCUT2D eigenvalue weighted by Gasteiger charge is -2.16. The molecule has 1 aromatic rings. The maximum Gasteiger partial charge on any atom is 0.339 e. The van der Waals surface area contributed by atoms with Crippen LogP contribution in [0.25, 0.3) is 0 Å². The first kappa shape index (κ1) is 13.0. The van der Waals surface area contributed by atoms with Crippen molar-refractivity contribution < 1.29 is 14.3 Å². The topological polar surface area (TPSA) is 37.3 Å². The Labute approximate surface area is 98.9 Å². The average molecular weight is 242 g/mol. The van der Waals surface area contributed by atoms with Crippen LogP contribution >= 0.6 is 11.8 Å². The predicted molar refractivity (Wildman–Crippen MR) is 63.5 cm³/mol. The molecule has 0 aliphatic heterocycles. The molecule has 0 saturated carbocycles. The summed E-state index contributed by atoms with van der Waals surface area (Å²) >= 11 is 1.40. The number of carboxylic acids is 1. The first-order valence-electron chi connectivity index (χ1n) is 5.12. The Morgan fingerprint density at radius 1 is 1.38 bits per heavy atom. The number of hydrogen-bond donors (Lipinski definition) is 1. The van der Waals surface area contributed by atoms with Crippen LogP contribution in [0.3, 0.4) is 0 Å². The molecule has 16 heavy (non-hydrogen) atoms. The molecule has 0 amide bonds. The number of hydrogen-bond acceptors (Lipinski definition) is 2. The Hall–Kier alpha value is -1.03. The van der Waals surface area contributed by atoms with Crippen molar-refractivity contribution in [2.75, 3.05) is 0 Å². The quantitative estimate of drug-likeness (QED) is 0.819. The van der Waals surface area contributed by atoms with Crippen molar-refractivity contribution in [2.24, 2.45) is 5.92 Å². The molecule has 1 N–H and O–H groups in total. The summed E-state index contributed by atoms with van der Waals surface area (Å²) in [5.74, 6) is -1.47. The Morgan fingerprint density at radius 3 is 2.50 bits per heavy atom. The fourth-order valence-electron chi connectivity index (χ4n) is 1.15. The smallest absolute Gasteiger partial charge is 0.339 e. The zero-order chi connectivity index (χ0) is 12.3. The molecule has 2 nitrogen and oxygen atoms in total. The number of rotatable bonds is 4. The number of carboxylic acid groups (broad SMARTS) is 1. The van der Waals surface area contributed by atoms with Gasteiger partial charge < -0.3 is 5.11 Å². The highest BCUT2D eigenvalue weighted by molar-refractivity contribution is 8.00. The molecule has 0 aliphatic rings. The van der Waals surface area contributed by atoms with E-state index in [0.29, 0.717) is 10.8 Å². The van der Waals surface area contributed by atoms with Crippen molar-refractivity contribution in [1.29, 1.82) is 0 Å². The van der Waals surface area contributed by atoms with E-state index in [0.717, 1.165) is 0 Å². The van der Waals surface area contributed by atoms with Gasteiger partial charge in [0.15, 0.2) is 0 Å². The fourth-order valence-corrected chi connectivity index (χ4v) is 2.28. The number of benzene rings is 1. The van der Waals surface area contributed by atoms with Crippen molar-refractivity contribution in [3.05, 3.63) is 29.6 Å². The van der Waals surface area contributed by atoms with Crippen molar-refractivity contribution >= 4 is 17.7 Å². The van der Waals surface area contributed by atoms with E-state index in [2.05, 4.69) is 13.8 Å². The van der Waals surface area contributed by atoms with Crippen LogP contribution in [0.5, 0.6) is 0 Å². The van der Waals surface area contributed by atoms with Crippen molar-refractivity contribution in [3.63, 3.8) is 0 Å². The van der Waals surface area contributed by atoms with Gasteiger partial charge in [0.05, 0.1) is 0 Å². The number of halogens is 1. The minimum atomic E-state index is -1.21. The van der Waals surface area contributed by atoms with E-state index in [4.69, 9.17) is 5.11 Å². The van der Waals surface area contributed by atoms with Gasteiger partial charge in [-0.15, -0.1) is 11.8 Å². The van der Waals surface area contributed by atoms with Gasteiger partial charge in [0.1, 0.15) is 11.4 Å². The highest BCUT2D eigenvalue weighted by Gasteiger charge is 2.18. The molecule has 0 fully saturated rings. The summed E-state index contributed by atoms with van der Waals surface area (Å²) in [7, 11) is 0. The minimum absolute atomic E-state index is 0.222. The van der Waals surface area contributed by atoms with Gasteiger partial charge in [-0.05, 0) is 18.1 Å². The molecule has 0 saturated heterocycles. The molecule has 88 valence electrons. The lowest BCUT2D eigenvalue weighted by atomic mass is 10.2. The largest absolute Gasteiger partial charge is 0.478 e. The zero-order valence-electron chi connectivity index (χ0n) is 9.53. The molecular formula is C12H15FO2S. The summed E-state index contributed by atoms with van der Waals surface area (Å²) in [5.41, 5.74) is -0.222. The third kappa shape index (κ3) is 2.98. The highest BCUT2D eigenvalue weighted by Crippen LogP contribution is 2.31. The lowest BCUT2D eigenvalue weighted by molar-refractivity contribution is 0.0688. The van der Waals surface area contributed by atoms with E-state index in [1.165, 1.54) is 23.9 Å². The Bertz CT molecular complexity index is 391. The standard InChI is InChI=1S/C12H15FO2S/c1-7(2)8(3)16-10-6-4-5-9(13)11(10)12(14)15/h4-8H,1-3H3,(H,14,15). The van der Waals surface area contributed by atoms with Gasteiger partial charge in [-0.25, -0.2) is 9.18 Å². The van der Waals surface area contributed by atoms with Crippen molar-refractivity contribution in [1.82, 2.24) is 0 Å². The van der Waals surface area contributed by atoms with Crippen LogP contribution in [0, 0.1) is 11.7 Å². The second kappa shape index (κ2) is 5.34. The summed E-state index contributed by atoms with van der Waals surface area (Å²) < 4.78 is 13.4. The van der Waals surface area contributed by atoms with Gasteiger partial charge in [-0.3, -0.25) is 0 Å². The van der Waals surface area contributed by atoms with Crippen molar-refractivity contribution in [3.8, 4) is 0 Å². The van der Waals surface area contributed by atoms with Gasteiger partial charge in [-0.1, -0.05) is 26.8 Å². The summed E-state index contributed by atoms with van der Waals surface area (Å²) in [5, 5.41) is 9.19. The molecule has 4 heteroatoms. The van der Waals surface area contributed by atoms with Gasteiger partial charge >= 0.3 is 5.97 Å². The second-order valence-corrected chi connectivity index (χ2v) is 5.40. The van der Waals surface area contributed by atoms with E-state index in [9.17, 15) is 9.18 Å². The summed E-state index contributed by atoms with van der Waals surface area (Å²) in [4.78, 5) is 11.4. The van der Waals surface area contributed by atoms with Crippen LogP contribution in [0.15, 0.2) is 23.1 Å².